The van der Waals surface area contributed by atoms with Gasteiger partial charge in [-0.05, 0) is 46.6 Å². The van der Waals surface area contributed by atoms with Crippen LogP contribution >= 0.6 is 0 Å². The molecule has 2 fully saturated rings. The number of fused-ring (bicyclic) bond motifs is 2. The molecule has 0 aromatic carbocycles. The first kappa shape index (κ1) is 12.2. The highest BCUT2D eigenvalue weighted by atomic mass is 16.4. The van der Waals surface area contributed by atoms with E-state index in [2.05, 4.69) is 29.2 Å². The Hall–Kier alpha value is -0.870. The van der Waals surface area contributed by atoms with E-state index in [9.17, 15) is 0 Å². The van der Waals surface area contributed by atoms with Crippen LogP contribution in [0.25, 0.3) is 0 Å². The molecular weight excluding hydrogens is 226 g/mol. The summed E-state index contributed by atoms with van der Waals surface area (Å²) in [6.07, 6.45) is 7.00. The van der Waals surface area contributed by atoms with Gasteiger partial charge in [0.15, 0.2) is 0 Å². The van der Waals surface area contributed by atoms with Gasteiger partial charge < -0.3 is 9.73 Å². The summed E-state index contributed by atoms with van der Waals surface area (Å²) in [4.78, 5) is 7.04. The fourth-order valence-electron chi connectivity index (χ4n) is 3.77. The average Bonchev–Trinajstić information content (AvgIpc) is 2.90. The summed E-state index contributed by atoms with van der Waals surface area (Å²) in [5.41, 5.74) is 0. The van der Waals surface area contributed by atoms with Gasteiger partial charge >= 0.3 is 0 Å². The van der Waals surface area contributed by atoms with Crippen molar-refractivity contribution in [2.75, 3.05) is 7.05 Å². The molecule has 2 aliphatic heterocycles. The van der Waals surface area contributed by atoms with Crippen molar-refractivity contribution in [3.05, 3.63) is 17.8 Å². The van der Waals surface area contributed by atoms with Crippen LogP contribution in [0.3, 0.4) is 0 Å². The minimum atomic E-state index is 0.314. The number of aromatic nitrogens is 1. The normalized spacial score (nSPS) is 33.8. The van der Waals surface area contributed by atoms with Crippen LogP contribution in [0.1, 0.15) is 50.3 Å². The fraction of sp³-hybridized carbons (Fsp3) is 0.786. The van der Waals surface area contributed by atoms with E-state index in [0.29, 0.717) is 24.2 Å². The molecule has 3 unspecified atom stereocenters. The zero-order valence-corrected chi connectivity index (χ0v) is 11.5. The van der Waals surface area contributed by atoms with Gasteiger partial charge in [-0.1, -0.05) is 0 Å². The number of aryl methyl sites for hydroxylation is 1. The Labute approximate surface area is 109 Å². The summed E-state index contributed by atoms with van der Waals surface area (Å²) < 4.78 is 5.71. The molecule has 18 heavy (non-hydrogen) atoms. The molecule has 2 saturated heterocycles. The molecule has 100 valence electrons. The molecule has 3 rings (SSSR count). The Morgan fingerprint density at radius 3 is 2.56 bits per heavy atom. The van der Waals surface area contributed by atoms with Gasteiger partial charge in [-0.3, -0.25) is 4.90 Å². The van der Waals surface area contributed by atoms with Crippen LogP contribution in [0.5, 0.6) is 0 Å². The van der Waals surface area contributed by atoms with Gasteiger partial charge in [0.2, 0.25) is 5.89 Å². The predicted octanol–water partition coefficient (Wildman–Crippen LogP) is 2.26. The van der Waals surface area contributed by atoms with Crippen LogP contribution in [-0.4, -0.2) is 35.1 Å². The van der Waals surface area contributed by atoms with Crippen molar-refractivity contribution in [2.24, 2.45) is 0 Å². The first-order valence-corrected chi connectivity index (χ1v) is 7.06. The lowest BCUT2D eigenvalue weighted by Gasteiger charge is -2.41. The summed E-state index contributed by atoms with van der Waals surface area (Å²) in [6, 6.07) is 2.40. The van der Waals surface area contributed by atoms with Crippen LogP contribution in [0.15, 0.2) is 10.6 Å². The van der Waals surface area contributed by atoms with Crippen molar-refractivity contribution in [1.82, 2.24) is 15.2 Å². The lowest BCUT2D eigenvalue weighted by atomic mass is 9.96. The van der Waals surface area contributed by atoms with Crippen LogP contribution in [0, 0.1) is 6.92 Å². The lowest BCUT2D eigenvalue weighted by molar-refractivity contribution is 0.0659. The zero-order chi connectivity index (χ0) is 12.7. The van der Waals surface area contributed by atoms with E-state index in [4.69, 9.17) is 4.42 Å². The van der Waals surface area contributed by atoms with Gasteiger partial charge in [0.25, 0.3) is 0 Å². The Balaban J connectivity index is 1.77. The molecule has 0 radical (unpaired) electrons. The highest BCUT2D eigenvalue weighted by molar-refractivity contribution is 5.04. The summed E-state index contributed by atoms with van der Waals surface area (Å²) in [5.74, 6) is 1.79. The summed E-state index contributed by atoms with van der Waals surface area (Å²) in [6.45, 7) is 4.20. The van der Waals surface area contributed by atoms with Crippen LogP contribution in [0.2, 0.25) is 0 Å². The molecule has 1 N–H and O–H groups in total. The van der Waals surface area contributed by atoms with Gasteiger partial charge in [0, 0.05) is 18.1 Å². The van der Waals surface area contributed by atoms with E-state index < -0.39 is 0 Å². The molecule has 2 bridgehead atoms. The smallest absolute Gasteiger partial charge is 0.211 e. The summed E-state index contributed by atoms with van der Waals surface area (Å²) in [5, 5.41) is 3.44. The second-order valence-corrected chi connectivity index (χ2v) is 5.77. The van der Waals surface area contributed by atoms with Gasteiger partial charge in [-0.15, -0.1) is 0 Å². The molecule has 2 aliphatic rings. The second kappa shape index (κ2) is 4.67. The van der Waals surface area contributed by atoms with Gasteiger partial charge in [0.1, 0.15) is 5.76 Å². The Morgan fingerprint density at radius 1 is 1.39 bits per heavy atom. The van der Waals surface area contributed by atoms with E-state index in [1.165, 1.54) is 25.7 Å². The monoisotopic (exact) mass is 249 g/mol. The Kier molecular flexibility index (Phi) is 3.16. The number of nitrogens with zero attached hydrogens (tertiary/aromatic N) is 2. The first-order valence-electron chi connectivity index (χ1n) is 7.06. The first-order chi connectivity index (χ1) is 8.69. The largest absolute Gasteiger partial charge is 0.444 e. The summed E-state index contributed by atoms with van der Waals surface area (Å²) >= 11 is 0. The molecule has 4 nitrogen and oxygen atoms in total. The highest BCUT2D eigenvalue weighted by Gasteiger charge is 2.43. The fourth-order valence-corrected chi connectivity index (χ4v) is 3.77. The molecule has 1 aromatic rings. The van der Waals surface area contributed by atoms with Crippen LogP contribution in [0.4, 0.5) is 0 Å². The Morgan fingerprint density at radius 2 is 2.06 bits per heavy atom. The summed E-state index contributed by atoms with van der Waals surface area (Å²) in [7, 11) is 2.08. The molecule has 0 saturated carbocycles. The third kappa shape index (κ3) is 1.97. The minimum Gasteiger partial charge on any atom is -0.444 e. The van der Waals surface area contributed by atoms with Crippen molar-refractivity contribution >= 4 is 0 Å². The van der Waals surface area contributed by atoms with E-state index in [0.717, 1.165) is 11.7 Å². The van der Waals surface area contributed by atoms with E-state index >= 15 is 0 Å². The maximum Gasteiger partial charge on any atom is 0.211 e. The van der Waals surface area contributed by atoms with Gasteiger partial charge in [0.05, 0.1) is 12.2 Å². The SMILES string of the molecule is CNC1CC2CCC(C1)N2C(C)c1ncc(C)o1. The third-order valence-corrected chi connectivity index (χ3v) is 4.64. The Bertz CT molecular complexity index is 403. The molecule has 3 heterocycles. The molecule has 0 spiro atoms. The quantitative estimate of drug-likeness (QED) is 0.892. The average molecular weight is 249 g/mol. The van der Waals surface area contributed by atoms with Gasteiger partial charge in [-0.25, -0.2) is 4.98 Å². The standard InChI is InChI=1S/C14H23N3O/c1-9-8-16-14(18-9)10(2)17-12-4-5-13(17)7-11(6-12)15-3/h8,10-13,15H,4-7H2,1-3H3. The van der Waals surface area contributed by atoms with E-state index in [1.54, 1.807) is 0 Å². The second-order valence-electron chi connectivity index (χ2n) is 5.77. The predicted molar refractivity (Wildman–Crippen MR) is 70.4 cm³/mol. The van der Waals surface area contributed by atoms with Crippen molar-refractivity contribution in [3.8, 4) is 0 Å². The number of piperidine rings is 1. The number of hydrogen-bond donors (Lipinski definition) is 1. The topological polar surface area (TPSA) is 41.3 Å². The third-order valence-electron chi connectivity index (χ3n) is 4.64. The van der Waals surface area contributed by atoms with Crippen molar-refractivity contribution < 1.29 is 4.42 Å². The van der Waals surface area contributed by atoms with E-state index in [-0.39, 0.29) is 0 Å². The van der Waals surface area contributed by atoms with Crippen molar-refractivity contribution in [1.29, 1.82) is 0 Å². The molecule has 4 heteroatoms. The highest BCUT2D eigenvalue weighted by Crippen LogP contribution is 2.41. The minimum absolute atomic E-state index is 0.314. The number of hydrogen-bond acceptors (Lipinski definition) is 4. The van der Waals surface area contributed by atoms with Crippen molar-refractivity contribution in [3.63, 3.8) is 0 Å². The zero-order valence-electron chi connectivity index (χ0n) is 11.5. The molecule has 3 atom stereocenters. The van der Waals surface area contributed by atoms with Gasteiger partial charge in [-0.2, -0.15) is 0 Å². The lowest BCUT2D eigenvalue weighted by Crippen LogP contribution is -2.49. The molecule has 0 amide bonds. The molecule has 1 aromatic heterocycles. The maximum absolute atomic E-state index is 5.71. The molecular formula is C14H23N3O. The van der Waals surface area contributed by atoms with Crippen LogP contribution < -0.4 is 5.32 Å². The number of rotatable bonds is 3. The van der Waals surface area contributed by atoms with Crippen molar-refractivity contribution in [2.45, 2.75) is 63.7 Å². The van der Waals surface area contributed by atoms with E-state index in [1.807, 2.05) is 13.1 Å². The molecule has 0 aliphatic carbocycles. The maximum atomic E-state index is 5.71. The number of nitrogens with one attached hydrogen (secondary N) is 1. The number of oxazole rings is 1. The van der Waals surface area contributed by atoms with Crippen LogP contribution in [-0.2, 0) is 0 Å².